The number of imide groups is 1. The first-order chi connectivity index (χ1) is 18.7. The molecule has 202 valence electrons. The Morgan fingerprint density at radius 2 is 1.87 bits per heavy atom. The zero-order valence-corrected chi connectivity index (χ0v) is 22.1. The van der Waals surface area contributed by atoms with Crippen LogP contribution in [-0.4, -0.2) is 57.9 Å². The molecule has 2 saturated heterocycles. The monoisotopic (exact) mass is 525 g/mol. The summed E-state index contributed by atoms with van der Waals surface area (Å²) < 4.78 is 44.9. The maximum atomic E-state index is 15.2. The molecule has 0 bridgehead atoms. The van der Waals surface area contributed by atoms with Crippen LogP contribution in [0.3, 0.4) is 0 Å². The number of ether oxygens (including phenoxy) is 2. The molecule has 1 atom stereocenters. The molecule has 2 aromatic carbocycles. The summed E-state index contributed by atoms with van der Waals surface area (Å²) in [5.41, 5.74) is 0.323. The molecule has 2 aromatic rings. The number of carbonyl (C=O) groups is 3. The molecule has 8 nitrogen and oxygen atoms in total. The molecule has 0 spiro atoms. The molecule has 1 unspecified atom stereocenters. The number of rotatable bonds is 6. The maximum Gasteiger partial charge on any atom is 0.255 e. The van der Waals surface area contributed by atoms with Crippen LogP contribution in [-0.2, 0) is 34.0 Å². The van der Waals surface area contributed by atoms with Crippen molar-refractivity contribution in [2.45, 2.75) is 77.4 Å². The summed E-state index contributed by atoms with van der Waals surface area (Å²) >= 11 is 0. The number of nitrogens with zero attached hydrogens (tertiary/aromatic N) is 2. The van der Waals surface area contributed by atoms with Gasteiger partial charge in [0, 0.05) is 45.4 Å². The molecule has 2 fully saturated rings. The van der Waals surface area contributed by atoms with Gasteiger partial charge in [0.25, 0.3) is 5.91 Å². The second-order valence-electron chi connectivity index (χ2n) is 11.4. The van der Waals surface area contributed by atoms with E-state index in [1.807, 2.05) is 27.7 Å². The number of piperidine rings is 1. The number of benzene rings is 2. The van der Waals surface area contributed by atoms with Crippen molar-refractivity contribution in [1.29, 1.82) is 0 Å². The predicted octanol–water partition coefficient (Wildman–Crippen LogP) is 3.56. The van der Waals surface area contributed by atoms with E-state index in [1.54, 1.807) is 29.2 Å². The minimum atomic E-state index is -1.92. The molecule has 5 rings (SSSR count). The molecule has 0 aromatic heterocycles. The Labute approximate surface area is 224 Å². The van der Waals surface area contributed by atoms with Gasteiger partial charge in [0.15, 0.2) is 0 Å². The smallest absolute Gasteiger partial charge is 0.255 e. The molecule has 0 radical (unpaired) electrons. The fourth-order valence-corrected chi connectivity index (χ4v) is 5.63. The first-order valence-electron chi connectivity index (χ1n) is 13.8. The van der Waals surface area contributed by atoms with E-state index in [0.717, 1.165) is 0 Å². The average Bonchev–Trinajstić information content (AvgIpc) is 3.18. The summed E-state index contributed by atoms with van der Waals surface area (Å²) in [6, 6.07) is 8.56. The largest absolute Gasteiger partial charge is 0.488 e. The van der Waals surface area contributed by atoms with Crippen LogP contribution in [0.2, 0.25) is 0 Å². The lowest BCUT2D eigenvalue weighted by molar-refractivity contribution is -0.182. The highest BCUT2D eigenvalue weighted by Gasteiger charge is 2.40. The summed E-state index contributed by atoms with van der Waals surface area (Å²) in [6.45, 7) is 6.45. The fourth-order valence-electron chi connectivity index (χ4n) is 5.63. The Kier molecular flexibility index (Phi) is 6.12. The Balaban J connectivity index is 1.30. The van der Waals surface area contributed by atoms with Crippen molar-refractivity contribution >= 4 is 17.7 Å². The van der Waals surface area contributed by atoms with Gasteiger partial charge in [-0.15, -0.1) is 0 Å². The van der Waals surface area contributed by atoms with Gasteiger partial charge in [-0.2, -0.15) is 0 Å². The van der Waals surface area contributed by atoms with Gasteiger partial charge >= 0.3 is 0 Å². The van der Waals surface area contributed by atoms with Gasteiger partial charge in [-0.1, -0.05) is 18.2 Å². The lowest BCUT2D eigenvalue weighted by Crippen LogP contribution is -2.56. The Hall–Kier alpha value is -3.30. The average molecular weight is 526 g/mol. The van der Waals surface area contributed by atoms with E-state index in [9.17, 15) is 14.4 Å². The van der Waals surface area contributed by atoms with Crippen molar-refractivity contribution in [2.75, 3.05) is 13.1 Å². The van der Waals surface area contributed by atoms with Crippen LogP contribution in [0.15, 0.2) is 36.4 Å². The van der Waals surface area contributed by atoms with Gasteiger partial charge in [0.2, 0.25) is 11.8 Å². The highest BCUT2D eigenvalue weighted by Crippen LogP contribution is 2.34. The first kappa shape index (κ1) is 23.8. The highest BCUT2D eigenvalue weighted by atomic mass is 19.1. The molecule has 3 heterocycles. The van der Waals surface area contributed by atoms with E-state index >= 15 is 4.39 Å². The molecule has 0 saturated carbocycles. The lowest BCUT2D eigenvalue weighted by Gasteiger charge is -2.47. The molecular weight excluding hydrogens is 489 g/mol. The van der Waals surface area contributed by atoms with Gasteiger partial charge in [0.1, 0.15) is 24.2 Å². The van der Waals surface area contributed by atoms with E-state index in [4.69, 9.17) is 12.2 Å². The third-order valence-electron chi connectivity index (χ3n) is 6.96. The van der Waals surface area contributed by atoms with Crippen LogP contribution in [0.4, 0.5) is 4.39 Å². The normalized spacial score (nSPS) is 24.0. The van der Waals surface area contributed by atoms with Crippen molar-refractivity contribution in [3.63, 3.8) is 0 Å². The number of carbonyl (C=O) groups excluding carboxylic acids is 3. The minimum Gasteiger partial charge on any atom is -0.488 e. The Bertz CT molecular complexity index is 1360. The van der Waals surface area contributed by atoms with Crippen LogP contribution in [0.25, 0.3) is 0 Å². The topological polar surface area (TPSA) is 88.2 Å². The zero-order chi connectivity index (χ0) is 29.0. The zero-order valence-electron chi connectivity index (χ0n) is 24.1. The molecule has 1 N–H and O–H groups in total. The third-order valence-corrected chi connectivity index (χ3v) is 6.96. The van der Waals surface area contributed by atoms with Crippen LogP contribution < -0.4 is 10.1 Å². The fraction of sp³-hybridized carbons (Fsp3) is 0.483. The molecule has 9 heteroatoms. The summed E-state index contributed by atoms with van der Waals surface area (Å²) in [5, 5.41) is 2.28. The number of hydrogen-bond acceptors (Lipinski definition) is 6. The summed E-state index contributed by atoms with van der Waals surface area (Å²) in [6.07, 6.45) is 0.416. The summed E-state index contributed by atoms with van der Waals surface area (Å²) in [7, 11) is 0. The van der Waals surface area contributed by atoms with Crippen LogP contribution >= 0.6 is 0 Å². The Morgan fingerprint density at radius 1 is 1.13 bits per heavy atom. The first-order valence-corrected chi connectivity index (χ1v) is 12.8. The second kappa shape index (κ2) is 9.78. The number of morpholine rings is 1. The number of nitrogens with one attached hydrogen (secondary N) is 1. The van der Waals surface area contributed by atoms with Crippen molar-refractivity contribution in [2.24, 2.45) is 0 Å². The molecule has 3 amide bonds. The molecule has 3 aliphatic rings. The van der Waals surface area contributed by atoms with Crippen molar-refractivity contribution in [3.8, 4) is 5.75 Å². The number of amides is 3. The number of fused-ring (bicyclic) bond motifs is 1. The standard InChI is InChI=1S/C29H34FN3O5/c1-28(2)16-32(17-29(3,4)38-28)13-18-8-9-19(22(30)12-18)15-37-24-7-5-6-20-21(24)14-33(27(20)36)23-10-11-25(34)31-26(23)35/h5-9,12,23H,10-11,13-17H2,1-4H3,(H,31,34,35)/i13D2. The van der Waals surface area contributed by atoms with Crippen LogP contribution in [0.1, 0.15) is 70.3 Å². The molecule has 3 aliphatic heterocycles. The quantitative estimate of drug-likeness (QED) is 0.581. The lowest BCUT2D eigenvalue weighted by atomic mass is 9.98. The van der Waals surface area contributed by atoms with E-state index < -0.39 is 35.5 Å². The van der Waals surface area contributed by atoms with E-state index in [2.05, 4.69) is 5.32 Å². The Morgan fingerprint density at radius 3 is 2.55 bits per heavy atom. The van der Waals surface area contributed by atoms with E-state index in [1.165, 1.54) is 17.0 Å². The third kappa shape index (κ3) is 5.44. The summed E-state index contributed by atoms with van der Waals surface area (Å²) in [5.74, 6) is -1.36. The van der Waals surface area contributed by atoms with Crippen molar-refractivity contribution < 1.29 is 31.0 Å². The maximum absolute atomic E-state index is 15.2. The van der Waals surface area contributed by atoms with Crippen molar-refractivity contribution in [3.05, 3.63) is 64.5 Å². The molecule has 38 heavy (non-hydrogen) atoms. The van der Waals surface area contributed by atoms with Gasteiger partial charge < -0.3 is 14.4 Å². The van der Waals surface area contributed by atoms with E-state index in [0.29, 0.717) is 30.0 Å². The molecular formula is C29H34FN3O5. The second-order valence-corrected chi connectivity index (χ2v) is 11.4. The highest BCUT2D eigenvalue weighted by molar-refractivity contribution is 6.05. The SMILES string of the molecule is [2H]C([2H])(c1ccc(COc2cccc3c2CN(C2CCC(=O)NC2=O)C3=O)c(F)c1)N1CC(C)(C)OC(C)(C)C1. The van der Waals surface area contributed by atoms with Gasteiger partial charge in [0.05, 0.1) is 17.7 Å². The van der Waals surface area contributed by atoms with Gasteiger partial charge in [-0.05, 0) is 57.9 Å². The minimum absolute atomic E-state index is 0.129. The van der Waals surface area contributed by atoms with Gasteiger partial charge in [-0.3, -0.25) is 24.6 Å². The predicted molar refractivity (Wildman–Crippen MR) is 138 cm³/mol. The number of hydrogen-bond donors (Lipinski definition) is 1. The van der Waals surface area contributed by atoms with Crippen molar-refractivity contribution in [1.82, 2.24) is 15.1 Å². The van der Waals surface area contributed by atoms with E-state index in [-0.39, 0.29) is 48.9 Å². The van der Waals surface area contributed by atoms with Gasteiger partial charge in [-0.25, -0.2) is 4.39 Å². The summed E-state index contributed by atoms with van der Waals surface area (Å²) in [4.78, 5) is 40.0. The van der Waals surface area contributed by atoms with Crippen LogP contribution in [0.5, 0.6) is 5.75 Å². The number of halogens is 1. The molecule has 0 aliphatic carbocycles. The van der Waals surface area contributed by atoms with Crippen LogP contribution in [0, 0.1) is 5.82 Å².